The van der Waals surface area contributed by atoms with Crippen molar-refractivity contribution < 1.29 is 8.78 Å². The van der Waals surface area contributed by atoms with Crippen LogP contribution < -0.4 is 0 Å². The van der Waals surface area contributed by atoms with E-state index >= 15 is 0 Å². The quantitative estimate of drug-likeness (QED) is 0.817. The number of para-hydroxylation sites is 1. The Kier molecular flexibility index (Phi) is 2.81. The zero-order valence-electron chi connectivity index (χ0n) is 7.57. The number of aromatic nitrogens is 2. The molecule has 0 N–H and O–H groups in total. The molecule has 1 heterocycles. The first-order chi connectivity index (χ1) is 7.18. The predicted octanol–water partition coefficient (Wildman–Crippen LogP) is 3.57. The first kappa shape index (κ1) is 10.3. The van der Waals surface area contributed by atoms with E-state index in [1.54, 1.807) is 12.1 Å². The maximum absolute atomic E-state index is 12.5. The standard InChI is InChI=1S/C10H7BrF2N2/c11-8-6-15(14-9(8)10(12)13)7-4-2-1-3-5-7/h1-6,10H. The predicted molar refractivity (Wildman–Crippen MR) is 56.2 cm³/mol. The first-order valence-corrected chi connectivity index (χ1v) is 5.06. The van der Waals surface area contributed by atoms with Gasteiger partial charge in [-0.05, 0) is 28.1 Å². The SMILES string of the molecule is FC(F)c1nn(-c2ccccc2)cc1Br. The second-order valence-electron chi connectivity index (χ2n) is 2.94. The lowest BCUT2D eigenvalue weighted by Crippen LogP contribution is -1.95. The van der Waals surface area contributed by atoms with Gasteiger partial charge in [-0.3, -0.25) is 0 Å². The molecule has 1 aromatic heterocycles. The average molecular weight is 273 g/mol. The van der Waals surface area contributed by atoms with Crippen molar-refractivity contribution >= 4 is 15.9 Å². The fourth-order valence-corrected chi connectivity index (χ4v) is 1.67. The third-order valence-corrected chi connectivity index (χ3v) is 2.53. The summed E-state index contributed by atoms with van der Waals surface area (Å²) in [6, 6.07) is 9.11. The van der Waals surface area contributed by atoms with Crippen LogP contribution in [0.5, 0.6) is 0 Å². The van der Waals surface area contributed by atoms with Crippen LogP contribution in [-0.4, -0.2) is 9.78 Å². The Labute approximate surface area is 93.7 Å². The number of alkyl halides is 2. The lowest BCUT2D eigenvalue weighted by Gasteiger charge is -1.99. The van der Waals surface area contributed by atoms with Gasteiger partial charge in [0.2, 0.25) is 0 Å². The molecule has 0 unspecified atom stereocenters. The molecule has 15 heavy (non-hydrogen) atoms. The van der Waals surface area contributed by atoms with Gasteiger partial charge < -0.3 is 0 Å². The zero-order valence-corrected chi connectivity index (χ0v) is 9.16. The summed E-state index contributed by atoms with van der Waals surface area (Å²) in [6.45, 7) is 0. The van der Waals surface area contributed by atoms with E-state index in [0.29, 0.717) is 4.47 Å². The molecule has 2 nitrogen and oxygen atoms in total. The van der Waals surface area contributed by atoms with E-state index in [2.05, 4.69) is 21.0 Å². The fraction of sp³-hybridized carbons (Fsp3) is 0.100. The lowest BCUT2D eigenvalue weighted by atomic mass is 10.3. The minimum Gasteiger partial charge on any atom is -0.239 e. The second-order valence-corrected chi connectivity index (χ2v) is 3.80. The molecule has 0 bridgehead atoms. The fourth-order valence-electron chi connectivity index (χ4n) is 1.23. The molecule has 0 radical (unpaired) electrons. The molecule has 0 saturated heterocycles. The number of hydrogen-bond donors (Lipinski definition) is 0. The number of benzene rings is 1. The van der Waals surface area contributed by atoms with Gasteiger partial charge in [0, 0.05) is 6.20 Å². The summed E-state index contributed by atoms with van der Waals surface area (Å²) < 4.78 is 26.6. The molecule has 0 saturated carbocycles. The van der Waals surface area contributed by atoms with Crippen molar-refractivity contribution in [3.8, 4) is 5.69 Å². The van der Waals surface area contributed by atoms with Gasteiger partial charge in [-0.15, -0.1) is 0 Å². The van der Waals surface area contributed by atoms with Crippen molar-refractivity contribution in [1.29, 1.82) is 0 Å². The zero-order chi connectivity index (χ0) is 10.8. The normalized spacial score (nSPS) is 10.9. The Morgan fingerprint density at radius 3 is 2.40 bits per heavy atom. The third kappa shape index (κ3) is 2.07. The van der Waals surface area contributed by atoms with E-state index in [9.17, 15) is 8.78 Å². The number of rotatable bonds is 2. The topological polar surface area (TPSA) is 17.8 Å². The van der Waals surface area contributed by atoms with Crippen LogP contribution in [0.2, 0.25) is 0 Å². The highest BCUT2D eigenvalue weighted by Gasteiger charge is 2.16. The van der Waals surface area contributed by atoms with E-state index in [-0.39, 0.29) is 5.69 Å². The Morgan fingerprint density at radius 2 is 1.87 bits per heavy atom. The molecular weight excluding hydrogens is 266 g/mol. The van der Waals surface area contributed by atoms with E-state index in [1.165, 1.54) is 10.9 Å². The van der Waals surface area contributed by atoms with Gasteiger partial charge in [-0.2, -0.15) is 5.10 Å². The second kappa shape index (κ2) is 4.10. The number of nitrogens with zero attached hydrogens (tertiary/aromatic N) is 2. The maximum Gasteiger partial charge on any atom is 0.283 e. The van der Waals surface area contributed by atoms with Gasteiger partial charge in [0.1, 0.15) is 5.69 Å². The summed E-state index contributed by atoms with van der Waals surface area (Å²) >= 11 is 3.05. The minimum atomic E-state index is -2.57. The van der Waals surface area contributed by atoms with Gasteiger partial charge in [0.25, 0.3) is 6.43 Å². The van der Waals surface area contributed by atoms with Crippen LogP contribution >= 0.6 is 15.9 Å². The van der Waals surface area contributed by atoms with Crippen molar-refractivity contribution in [2.24, 2.45) is 0 Å². The Morgan fingerprint density at radius 1 is 1.20 bits per heavy atom. The highest BCUT2D eigenvalue weighted by atomic mass is 79.9. The Hall–Kier alpha value is -1.23. The molecule has 0 aliphatic rings. The first-order valence-electron chi connectivity index (χ1n) is 4.27. The summed E-state index contributed by atoms with van der Waals surface area (Å²) in [7, 11) is 0. The Balaban J connectivity index is 2.43. The van der Waals surface area contributed by atoms with E-state index in [0.717, 1.165) is 5.69 Å². The van der Waals surface area contributed by atoms with E-state index < -0.39 is 6.43 Å². The van der Waals surface area contributed by atoms with Crippen LogP contribution in [0.15, 0.2) is 41.0 Å². The number of hydrogen-bond acceptors (Lipinski definition) is 1. The van der Waals surface area contributed by atoms with Gasteiger partial charge >= 0.3 is 0 Å². The van der Waals surface area contributed by atoms with Crippen molar-refractivity contribution in [2.45, 2.75) is 6.43 Å². The Bertz CT molecular complexity index is 454. The largest absolute Gasteiger partial charge is 0.283 e. The maximum atomic E-state index is 12.5. The van der Waals surface area contributed by atoms with Crippen molar-refractivity contribution in [3.63, 3.8) is 0 Å². The van der Waals surface area contributed by atoms with E-state index in [4.69, 9.17) is 0 Å². The van der Waals surface area contributed by atoms with Gasteiger partial charge in [0.05, 0.1) is 10.2 Å². The molecule has 0 amide bonds. The van der Waals surface area contributed by atoms with Crippen molar-refractivity contribution in [3.05, 3.63) is 46.7 Å². The van der Waals surface area contributed by atoms with Crippen LogP contribution in [-0.2, 0) is 0 Å². The molecule has 0 fully saturated rings. The third-order valence-electron chi connectivity index (χ3n) is 1.92. The van der Waals surface area contributed by atoms with Crippen LogP contribution in [0.3, 0.4) is 0 Å². The van der Waals surface area contributed by atoms with Crippen LogP contribution in [0.1, 0.15) is 12.1 Å². The minimum absolute atomic E-state index is 0.237. The average Bonchev–Trinajstić information content (AvgIpc) is 2.62. The molecule has 1 aromatic carbocycles. The molecular formula is C10H7BrF2N2. The highest BCUT2D eigenvalue weighted by molar-refractivity contribution is 9.10. The smallest absolute Gasteiger partial charge is 0.239 e. The van der Waals surface area contributed by atoms with Gasteiger partial charge in [-0.1, -0.05) is 18.2 Å². The summed E-state index contributed by atoms with van der Waals surface area (Å²) in [5, 5.41) is 3.80. The molecule has 0 spiro atoms. The highest BCUT2D eigenvalue weighted by Crippen LogP contribution is 2.26. The van der Waals surface area contributed by atoms with E-state index in [1.807, 2.05) is 18.2 Å². The molecule has 0 aliphatic carbocycles. The summed E-state index contributed by atoms with van der Waals surface area (Å²) in [6.07, 6.45) is -1.04. The monoisotopic (exact) mass is 272 g/mol. The summed E-state index contributed by atoms with van der Waals surface area (Å²) in [5.41, 5.74) is 0.518. The number of halogens is 3. The van der Waals surface area contributed by atoms with Crippen molar-refractivity contribution in [1.82, 2.24) is 9.78 Å². The molecule has 2 aromatic rings. The van der Waals surface area contributed by atoms with Gasteiger partial charge in [-0.25, -0.2) is 13.5 Å². The molecule has 0 aliphatic heterocycles. The van der Waals surface area contributed by atoms with Crippen LogP contribution in [0.4, 0.5) is 8.78 Å². The molecule has 2 rings (SSSR count). The van der Waals surface area contributed by atoms with Crippen molar-refractivity contribution in [2.75, 3.05) is 0 Å². The lowest BCUT2D eigenvalue weighted by molar-refractivity contribution is 0.144. The molecule has 78 valence electrons. The molecule has 5 heteroatoms. The summed E-state index contributed by atoms with van der Waals surface area (Å²) in [5.74, 6) is 0. The summed E-state index contributed by atoms with van der Waals surface area (Å²) in [4.78, 5) is 0. The van der Waals surface area contributed by atoms with Crippen LogP contribution in [0, 0.1) is 0 Å². The molecule has 0 atom stereocenters. The van der Waals surface area contributed by atoms with Crippen LogP contribution in [0.25, 0.3) is 5.69 Å². The van der Waals surface area contributed by atoms with Gasteiger partial charge in [0.15, 0.2) is 0 Å².